The topological polar surface area (TPSA) is 71.8 Å². The van der Waals surface area contributed by atoms with E-state index >= 15 is 0 Å². The maximum Gasteiger partial charge on any atom is 0.0561 e. The fraction of sp³-hybridized carbons (Fsp3) is 0.545. The monoisotopic (exact) mass is 225 g/mol. The van der Waals surface area contributed by atoms with Crippen LogP contribution in [0, 0.1) is 0 Å². The highest BCUT2D eigenvalue weighted by molar-refractivity contribution is 5.76. The van der Waals surface area contributed by atoms with Crippen molar-refractivity contribution < 1.29 is 10.2 Å². The first-order chi connectivity index (χ1) is 7.86. The highest BCUT2D eigenvalue weighted by atomic mass is 16.3. The zero-order valence-corrected chi connectivity index (χ0v) is 9.34. The number of aromatic nitrogens is 1. The molecular formula is C11H19N3O2. The van der Waals surface area contributed by atoms with Gasteiger partial charge in [0.2, 0.25) is 0 Å². The number of H-pyrrole nitrogens is 1. The molecule has 0 bridgehead atoms. The van der Waals surface area contributed by atoms with E-state index in [4.69, 9.17) is 10.2 Å². The molecule has 5 nitrogen and oxygen atoms in total. The van der Waals surface area contributed by atoms with Crippen LogP contribution in [-0.2, 0) is 0 Å². The minimum Gasteiger partial charge on any atom is -0.395 e. The van der Waals surface area contributed by atoms with Crippen LogP contribution in [0.2, 0.25) is 0 Å². The number of aromatic amines is 1. The molecule has 0 aliphatic rings. The van der Waals surface area contributed by atoms with Gasteiger partial charge in [-0.25, -0.2) is 0 Å². The number of aliphatic hydroxyl groups excluding tert-OH is 2. The first-order valence-corrected chi connectivity index (χ1v) is 5.44. The number of nitrogens with one attached hydrogen (secondary N) is 1. The fourth-order valence-electron chi connectivity index (χ4n) is 1.40. The molecule has 0 aromatic carbocycles. The van der Waals surface area contributed by atoms with Crippen molar-refractivity contribution in [2.45, 2.75) is 0 Å². The van der Waals surface area contributed by atoms with Crippen LogP contribution in [0.1, 0.15) is 5.69 Å². The Morgan fingerprint density at radius 3 is 2.56 bits per heavy atom. The van der Waals surface area contributed by atoms with Gasteiger partial charge >= 0.3 is 0 Å². The lowest BCUT2D eigenvalue weighted by molar-refractivity contribution is 0.164. The van der Waals surface area contributed by atoms with E-state index in [1.54, 1.807) is 6.21 Å². The molecule has 1 aromatic heterocycles. The number of rotatable bonds is 8. The summed E-state index contributed by atoms with van der Waals surface area (Å²) in [5, 5.41) is 17.6. The summed E-state index contributed by atoms with van der Waals surface area (Å²) in [7, 11) is 0. The Bertz CT molecular complexity index is 279. The summed E-state index contributed by atoms with van der Waals surface area (Å²) in [6, 6.07) is 3.87. The summed E-state index contributed by atoms with van der Waals surface area (Å²) < 4.78 is 0. The van der Waals surface area contributed by atoms with Gasteiger partial charge in [-0.2, -0.15) is 0 Å². The summed E-state index contributed by atoms with van der Waals surface area (Å²) in [5.41, 5.74) is 0.982. The Labute approximate surface area is 95.4 Å². The van der Waals surface area contributed by atoms with Crippen molar-refractivity contribution in [1.82, 2.24) is 9.88 Å². The second-order valence-electron chi connectivity index (χ2n) is 3.45. The van der Waals surface area contributed by atoms with E-state index in [-0.39, 0.29) is 13.2 Å². The SMILES string of the molecule is OCCN(CCO)CCN=Cc1ccc[nH]1. The quantitative estimate of drug-likeness (QED) is 0.533. The lowest BCUT2D eigenvalue weighted by atomic mass is 10.4. The van der Waals surface area contributed by atoms with Gasteiger partial charge in [0, 0.05) is 32.0 Å². The van der Waals surface area contributed by atoms with Gasteiger partial charge in [0.05, 0.1) is 25.5 Å². The first kappa shape index (κ1) is 12.9. The van der Waals surface area contributed by atoms with E-state index in [2.05, 4.69) is 9.98 Å². The van der Waals surface area contributed by atoms with Gasteiger partial charge in [0.25, 0.3) is 0 Å². The second-order valence-corrected chi connectivity index (χ2v) is 3.45. The normalized spacial score (nSPS) is 11.7. The van der Waals surface area contributed by atoms with Crippen LogP contribution in [0.15, 0.2) is 23.3 Å². The Balaban J connectivity index is 2.21. The number of hydrogen-bond donors (Lipinski definition) is 3. The molecule has 1 aromatic rings. The molecule has 0 spiro atoms. The van der Waals surface area contributed by atoms with Gasteiger partial charge in [-0.3, -0.25) is 9.89 Å². The van der Waals surface area contributed by atoms with Crippen molar-refractivity contribution in [3.8, 4) is 0 Å². The largest absolute Gasteiger partial charge is 0.395 e. The highest BCUT2D eigenvalue weighted by Crippen LogP contribution is 1.90. The van der Waals surface area contributed by atoms with E-state index < -0.39 is 0 Å². The van der Waals surface area contributed by atoms with E-state index in [9.17, 15) is 0 Å². The molecule has 16 heavy (non-hydrogen) atoms. The predicted molar refractivity (Wildman–Crippen MR) is 63.9 cm³/mol. The molecule has 0 amide bonds. The molecule has 0 unspecified atom stereocenters. The molecule has 0 atom stereocenters. The van der Waals surface area contributed by atoms with Crippen molar-refractivity contribution in [2.75, 3.05) is 39.4 Å². The van der Waals surface area contributed by atoms with E-state index in [0.717, 1.165) is 12.2 Å². The van der Waals surface area contributed by atoms with Crippen LogP contribution >= 0.6 is 0 Å². The molecule has 0 saturated heterocycles. The molecule has 0 fully saturated rings. The Morgan fingerprint density at radius 2 is 2.00 bits per heavy atom. The molecule has 0 aliphatic heterocycles. The van der Waals surface area contributed by atoms with E-state index in [1.807, 2.05) is 23.2 Å². The lowest BCUT2D eigenvalue weighted by Gasteiger charge is -2.18. The lowest BCUT2D eigenvalue weighted by Crippen LogP contribution is -2.32. The average molecular weight is 225 g/mol. The molecule has 1 heterocycles. The van der Waals surface area contributed by atoms with Gasteiger partial charge in [0.15, 0.2) is 0 Å². The molecule has 5 heteroatoms. The van der Waals surface area contributed by atoms with Crippen LogP contribution in [0.25, 0.3) is 0 Å². The van der Waals surface area contributed by atoms with Crippen LogP contribution in [-0.4, -0.2) is 65.7 Å². The van der Waals surface area contributed by atoms with Crippen molar-refractivity contribution in [2.24, 2.45) is 4.99 Å². The molecule has 0 radical (unpaired) electrons. The first-order valence-electron chi connectivity index (χ1n) is 5.44. The number of nitrogens with zero attached hydrogens (tertiary/aromatic N) is 2. The summed E-state index contributed by atoms with van der Waals surface area (Å²) >= 11 is 0. The van der Waals surface area contributed by atoms with Crippen LogP contribution in [0.4, 0.5) is 0 Å². The maximum absolute atomic E-state index is 8.80. The number of aliphatic imine (C=N–C) groups is 1. The zero-order valence-electron chi connectivity index (χ0n) is 9.34. The molecule has 1 rings (SSSR count). The Morgan fingerprint density at radius 1 is 1.25 bits per heavy atom. The minimum absolute atomic E-state index is 0.111. The molecule has 90 valence electrons. The Hall–Kier alpha value is -1.17. The number of aliphatic hydroxyl groups is 2. The average Bonchev–Trinajstić information content (AvgIpc) is 2.78. The zero-order chi connectivity index (χ0) is 11.6. The third kappa shape index (κ3) is 5.06. The number of hydrogen-bond acceptors (Lipinski definition) is 4. The van der Waals surface area contributed by atoms with Crippen molar-refractivity contribution >= 4 is 6.21 Å². The molecule has 3 N–H and O–H groups in total. The third-order valence-corrected chi connectivity index (χ3v) is 2.23. The van der Waals surface area contributed by atoms with E-state index in [1.165, 1.54) is 0 Å². The maximum atomic E-state index is 8.80. The second kappa shape index (κ2) is 8.04. The van der Waals surface area contributed by atoms with Gasteiger partial charge in [0.1, 0.15) is 0 Å². The molecule has 0 saturated carbocycles. The van der Waals surface area contributed by atoms with Gasteiger partial charge in [-0.1, -0.05) is 0 Å². The molecule has 0 aliphatic carbocycles. The van der Waals surface area contributed by atoms with Gasteiger partial charge < -0.3 is 15.2 Å². The summed E-state index contributed by atoms with van der Waals surface area (Å²) in [4.78, 5) is 9.27. The predicted octanol–water partition coefficient (Wildman–Crippen LogP) is -0.280. The van der Waals surface area contributed by atoms with E-state index in [0.29, 0.717) is 19.6 Å². The van der Waals surface area contributed by atoms with Crippen LogP contribution in [0.5, 0.6) is 0 Å². The molecular weight excluding hydrogens is 206 g/mol. The Kier molecular flexibility index (Phi) is 6.48. The van der Waals surface area contributed by atoms with Crippen molar-refractivity contribution in [3.63, 3.8) is 0 Å². The summed E-state index contributed by atoms with van der Waals surface area (Å²) in [5.74, 6) is 0. The summed E-state index contributed by atoms with van der Waals surface area (Å²) in [6.07, 6.45) is 3.64. The van der Waals surface area contributed by atoms with Crippen LogP contribution in [0.3, 0.4) is 0 Å². The van der Waals surface area contributed by atoms with Gasteiger partial charge in [-0.15, -0.1) is 0 Å². The third-order valence-electron chi connectivity index (χ3n) is 2.23. The standard InChI is InChI=1S/C11H19N3O2/c15-8-6-14(7-9-16)5-4-12-10-11-2-1-3-13-11/h1-3,10,13,15-16H,4-9H2. The summed E-state index contributed by atoms with van der Waals surface area (Å²) in [6.45, 7) is 2.80. The fourth-order valence-corrected chi connectivity index (χ4v) is 1.40. The minimum atomic E-state index is 0.111. The highest BCUT2D eigenvalue weighted by Gasteiger charge is 2.01. The van der Waals surface area contributed by atoms with Crippen LogP contribution < -0.4 is 0 Å². The smallest absolute Gasteiger partial charge is 0.0561 e. The van der Waals surface area contributed by atoms with Gasteiger partial charge in [-0.05, 0) is 12.1 Å². The van der Waals surface area contributed by atoms with Crippen molar-refractivity contribution in [1.29, 1.82) is 0 Å². The van der Waals surface area contributed by atoms with Crippen molar-refractivity contribution in [3.05, 3.63) is 24.0 Å².